The molecule has 2 atom stereocenters. The molecule has 2 unspecified atom stereocenters. The number of hydrogen-bond acceptors (Lipinski definition) is 5. The van der Waals surface area contributed by atoms with Crippen molar-refractivity contribution in [3.05, 3.63) is 20.8 Å². The second-order valence-electron chi connectivity index (χ2n) is 3.30. The zero-order valence-electron chi connectivity index (χ0n) is 8.11. The van der Waals surface area contributed by atoms with Gasteiger partial charge in [0.15, 0.2) is 0 Å². The molecule has 1 aliphatic rings. The SMILES string of the molecule is NNC(c1cscc1Br)C1COCCO1. The van der Waals surface area contributed by atoms with Crippen LogP contribution in [0.15, 0.2) is 15.2 Å². The molecule has 1 fully saturated rings. The number of nitrogens with one attached hydrogen (secondary N) is 1. The first-order valence-electron chi connectivity index (χ1n) is 4.70. The molecule has 0 radical (unpaired) electrons. The number of rotatable bonds is 3. The highest BCUT2D eigenvalue weighted by molar-refractivity contribution is 9.10. The van der Waals surface area contributed by atoms with Crippen LogP contribution in [0, 0.1) is 0 Å². The summed E-state index contributed by atoms with van der Waals surface area (Å²) in [6.07, 6.45) is -0.0188. The summed E-state index contributed by atoms with van der Waals surface area (Å²) in [7, 11) is 0. The molecule has 0 spiro atoms. The van der Waals surface area contributed by atoms with Crippen molar-refractivity contribution < 1.29 is 9.47 Å². The highest BCUT2D eigenvalue weighted by atomic mass is 79.9. The van der Waals surface area contributed by atoms with E-state index in [9.17, 15) is 0 Å². The Balaban J connectivity index is 2.12. The molecule has 6 heteroatoms. The lowest BCUT2D eigenvalue weighted by Gasteiger charge is -2.29. The first-order valence-corrected chi connectivity index (χ1v) is 6.43. The van der Waals surface area contributed by atoms with Gasteiger partial charge in [-0.15, -0.1) is 0 Å². The minimum Gasteiger partial charge on any atom is -0.376 e. The van der Waals surface area contributed by atoms with Crippen molar-refractivity contribution in [2.75, 3.05) is 19.8 Å². The maximum atomic E-state index is 5.63. The third-order valence-corrected chi connectivity index (χ3v) is 4.12. The molecule has 3 N–H and O–H groups in total. The molecule has 0 bridgehead atoms. The van der Waals surface area contributed by atoms with Crippen molar-refractivity contribution in [3.63, 3.8) is 0 Å². The fourth-order valence-corrected chi connectivity index (χ4v) is 3.19. The molecule has 1 aliphatic heterocycles. The summed E-state index contributed by atoms with van der Waals surface area (Å²) in [5, 5.41) is 4.09. The molecule has 0 saturated carbocycles. The van der Waals surface area contributed by atoms with Gasteiger partial charge in [-0.1, -0.05) is 0 Å². The summed E-state index contributed by atoms with van der Waals surface area (Å²) >= 11 is 5.13. The van der Waals surface area contributed by atoms with Gasteiger partial charge in [-0.3, -0.25) is 11.3 Å². The topological polar surface area (TPSA) is 56.5 Å². The average molecular weight is 293 g/mol. The normalized spacial score (nSPS) is 24.0. The minimum atomic E-state index is -0.0223. The zero-order valence-corrected chi connectivity index (χ0v) is 10.5. The molecular weight excluding hydrogens is 280 g/mol. The second-order valence-corrected chi connectivity index (χ2v) is 4.90. The van der Waals surface area contributed by atoms with Gasteiger partial charge in [0.25, 0.3) is 0 Å². The number of thiophene rings is 1. The summed E-state index contributed by atoms with van der Waals surface area (Å²) < 4.78 is 12.1. The Morgan fingerprint density at radius 1 is 1.53 bits per heavy atom. The fourth-order valence-electron chi connectivity index (χ4n) is 1.61. The minimum absolute atomic E-state index is 0.0188. The molecule has 1 aromatic rings. The molecule has 1 saturated heterocycles. The average Bonchev–Trinajstić information content (AvgIpc) is 2.68. The van der Waals surface area contributed by atoms with Crippen LogP contribution in [0.25, 0.3) is 0 Å². The van der Waals surface area contributed by atoms with E-state index in [-0.39, 0.29) is 12.1 Å². The van der Waals surface area contributed by atoms with Crippen LogP contribution in [0.3, 0.4) is 0 Å². The zero-order chi connectivity index (χ0) is 10.7. The molecular formula is C9H13BrN2O2S. The van der Waals surface area contributed by atoms with Crippen LogP contribution in [-0.2, 0) is 9.47 Å². The van der Waals surface area contributed by atoms with Crippen LogP contribution in [0.4, 0.5) is 0 Å². The van der Waals surface area contributed by atoms with E-state index in [1.807, 2.05) is 5.38 Å². The predicted molar refractivity (Wildman–Crippen MR) is 62.6 cm³/mol. The van der Waals surface area contributed by atoms with Crippen LogP contribution in [-0.4, -0.2) is 25.9 Å². The maximum Gasteiger partial charge on any atom is 0.102 e. The number of ether oxygens (including phenoxy) is 2. The van der Waals surface area contributed by atoms with E-state index in [1.165, 1.54) is 0 Å². The van der Waals surface area contributed by atoms with Gasteiger partial charge in [0.05, 0.1) is 25.9 Å². The summed E-state index contributed by atoms with van der Waals surface area (Å²) in [4.78, 5) is 0. The van der Waals surface area contributed by atoms with Gasteiger partial charge in [-0.25, -0.2) is 0 Å². The quantitative estimate of drug-likeness (QED) is 0.654. The summed E-state index contributed by atoms with van der Waals surface area (Å²) in [5.74, 6) is 5.56. The summed E-state index contributed by atoms with van der Waals surface area (Å²) in [6.45, 7) is 1.88. The van der Waals surface area contributed by atoms with Crippen molar-refractivity contribution >= 4 is 27.3 Å². The number of hydrogen-bond donors (Lipinski definition) is 2. The molecule has 0 amide bonds. The van der Waals surface area contributed by atoms with Crippen LogP contribution in [0.5, 0.6) is 0 Å². The molecule has 1 aromatic heterocycles. The molecule has 0 aliphatic carbocycles. The van der Waals surface area contributed by atoms with Gasteiger partial charge < -0.3 is 9.47 Å². The molecule has 0 aromatic carbocycles. The van der Waals surface area contributed by atoms with Gasteiger partial charge in [0.2, 0.25) is 0 Å². The van der Waals surface area contributed by atoms with E-state index in [0.717, 1.165) is 10.0 Å². The van der Waals surface area contributed by atoms with Crippen LogP contribution >= 0.6 is 27.3 Å². The van der Waals surface area contributed by atoms with Gasteiger partial charge in [0, 0.05) is 9.85 Å². The molecule has 15 heavy (non-hydrogen) atoms. The van der Waals surface area contributed by atoms with E-state index < -0.39 is 0 Å². The van der Waals surface area contributed by atoms with Crippen LogP contribution < -0.4 is 11.3 Å². The van der Waals surface area contributed by atoms with Gasteiger partial charge in [-0.05, 0) is 26.9 Å². The number of halogens is 1. The molecule has 2 heterocycles. The van der Waals surface area contributed by atoms with E-state index >= 15 is 0 Å². The van der Waals surface area contributed by atoms with E-state index in [4.69, 9.17) is 15.3 Å². The van der Waals surface area contributed by atoms with Gasteiger partial charge in [-0.2, -0.15) is 11.3 Å². The highest BCUT2D eigenvalue weighted by Crippen LogP contribution is 2.30. The Morgan fingerprint density at radius 2 is 2.40 bits per heavy atom. The van der Waals surface area contributed by atoms with Gasteiger partial charge in [0.1, 0.15) is 6.10 Å². The molecule has 2 rings (SSSR count). The maximum absolute atomic E-state index is 5.63. The summed E-state index contributed by atoms with van der Waals surface area (Å²) in [5.41, 5.74) is 3.91. The van der Waals surface area contributed by atoms with Crippen molar-refractivity contribution in [1.82, 2.24) is 5.43 Å². The number of nitrogens with two attached hydrogens (primary N) is 1. The Bertz CT molecular complexity index is 315. The first-order chi connectivity index (χ1) is 7.33. The van der Waals surface area contributed by atoms with Crippen LogP contribution in [0.2, 0.25) is 0 Å². The number of hydrazine groups is 1. The second kappa shape index (κ2) is 5.38. The third kappa shape index (κ3) is 2.58. The Morgan fingerprint density at radius 3 is 2.93 bits per heavy atom. The fraction of sp³-hybridized carbons (Fsp3) is 0.556. The third-order valence-electron chi connectivity index (χ3n) is 2.37. The Kier molecular flexibility index (Phi) is 4.13. The van der Waals surface area contributed by atoms with Gasteiger partial charge >= 0.3 is 0 Å². The van der Waals surface area contributed by atoms with Crippen LogP contribution in [0.1, 0.15) is 11.6 Å². The highest BCUT2D eigenvalue weighted by Gasteiger charge is 2.27. The lowest BCUT2D eigenvalue weighted by Crippen LogP contribution is -2.43. The molecule has 4 nitrogen and oxygen atoms in total. The Hall–Kier alpha value is 0.0200. The smallest absolute Gasteiger partial charge is 0.102 e. The van der Waals surface area contributed by atoms with E-state index in [0.29, 0.717) is 19.8 Å². The monoisotopic (exact) mass is 292 g/mol. The molecule has 84 valence electrons. The van der Waals surface area contributed by atoms with Crippen molar-refractivity contribution in [3.8, 4) is 0 Å². The van der Waals surface area contributed by atoms with E-state index in [1.54, 1.807) is 11.3 Å². The van der Waals surface area contributed by atoms with Crippen molar-refractivity contribution in [2.24, 2.45) is 5.84 Å². The van der Waals surface area contributed by atoms with Crippen molar-refractivity contribution in [1.29, 1.82) is 0 Å². The lowest BCUT2D eigenvalue weighted by molar-refractivity contribution is -0.102. The standard InChI is InChI=1S/C9H13BrN2O2S/c10-7-5-15-4-6(7)9(12-11)8-3-13-1-2-14-8/h4-5,8-9,12H,1-3,11H2. The predicted octanol–water partition coefficient (Wildman–Crippen LogP) is 1.43. The van der Waals surface area contributed by atoms with Crippen molar-refractivity contribution in [2.45, 2.75) is 12.1 Å². The first kappa shape index (κ1) is 11.5. The Labute approximate surface area is 101 Å². The lowest BCUT2D eigenvalue weighted by atomic mass is 10.1. The summed E-state index contributed by atoms with van der Waals surface area (Å²) in [6, 6.07) is -0.0223. The largest absolute Gasteiger partial charge is 0.376 e. The van der Waals surface area contributed by atoms with E-state index in [2.05, 4.69) is 26.7 Å².